The summed E-state index contributed by atoms with van der Waals surface area (Å²) in [5.41, 5.74) is 4.30. The SMILES string of the molecule is O=C(O)CCC(=O)Cn1ccc2ccc(-c3ccccc3Cn3cccn3)cc21. The molecule has 0 aliphatic carbocycles. The Bertz CT molecular complexity index is 1160. The lowest BCUT2D eigenvalue weighted by molar-refractivity contribution is -0.138. The minimum Gasteiger partial charge on any atom is -0.481 e. The van der Waals surface area contributed by atoms with E-state index in [2.05, 4.69) is 29.4 Å². The normalized spacial score (nSPS) is 11.0. The average molecular weight is 387 g/mol. The fourth-order valence-electron chi connectivity index (χ4n) is 3.51. The number of Topliss-reactive ketones (excluding diaryl/α,β-unsaturated/α-hetero) is 1. The fourth-order valence-corrected chi connectivity index (χ4v) is 3.51. The van der Waals surface area contributed by atoms with Crippen molar-refractivity contribution < 1.29 is 14.7 Å². The van der Waals surface area contributed by atoms with E-state index in [0.717, 1.165) is 27.6 Å². The summed E-state index contributed by atoms with van der Waals surface area (Å²) in [6, 6.07) is 18.3. The Morgan fingerprint density at radius 1 is 0.966 bits per heavy atom. The Hall–Kier alpha value is -3.67. The number of hydrogen-bond acceptors (Lipinski definition) is 3. The van der Waals surface area contributed by atoms with Crippen molar-refractivity contribution in [2.75, 3.05) is 0 Å². The Balaban J connectivity index is 1.64. The maximum Gasteiger partial charge on any atom is 0.303 e. The van der Waals surface area contributed by atoms with Gasteiger partial charge in [-0.25, -0.2) is 0 Å². The third-order valence-electron chi connectivity index (χ3n) is 4.96. The second-order valence-electron chi connectivity index (χ2n) is 7.01. The average Bonchev–Trinajstić information content (AvgIpc) is 3.37. The molecule has 0 aliphatic rings. The summed E-state index contributed by atoms with van der Waals surface area (Å²) in [4.78, 5) is 22.9. The van der Waals surface area contributed by atoms with Crippen molar-refractivity contribution in [1.82, 2.24) is 14.3 Å². The molecule has 0 unspecified atom stereocenters. The van der Waals surface area contributed by atoms with Crippen molar-refractivity contribution in [3.8, 4) is 11.1 Å². The van der Waals surface area contributed by atoms with Crippen LogP contribution >= 0.6 is 0 Å². The minimum absolute atomic E-state index is 0.0431. The van der Waals surface area contributed by atoms with E-state index in [1.807, 2.05) is 52.0 Å². The molecule has 146 valence electrons. The van der Waals surface area contributed by atoms with Crippen molar-refractivity contribution in [1.29, 1.82) is 0 Å². The van der Waals surface area contributed by atoms with E-state index in [0.29, 0.717) is 6.54 Å². The molecule has 29 heavy (non-hydrogen) atoms. The van der Waals surface area contributed by atoms with Gasteiger partial charge in [0.15, 0.2) is 5.78 Å². The van der Waals surface area contributed by atoms with Crippen LogP contribution in [-0.4, -0.2) is 31.2 Å². The molecule has 0 saturated carbocycles. The lowest BCUT2D eigenvalue weighted by Crippen LogP contribution is -2.10. The van der Waals surface area contributed by atoms with Gasteiger partial charge >= 0.3 is 5.97 Å². The number of carbonyl (C=O) groups is 2. The predicted molar refractivity (Wildman–Crippen MR) is 111 cm³/mol. The molecule has 1 N–H and O–H groups in total. The summed E-state index contributed by atoms with van der Waals surface area (Å²) in [5, 5.41) is 14.1. The molecule has 6 nitrogen and oxygen atoms in total. The van der Waals surface area contributed by atoms with Crippen LogP contribution in [0.4, 0.5) is 0 Å². The highest BCUT2D eigenvalue weighted by Gasteiger charge is 2.11. The molecule has 0 amide bonds. The summed E-state index contributed by atoms with van der Waals surface area (Å²) in [5.74, 6) is -1.04. The first-order valence-electron chi connectivity index (χ1n) is 9.48. The Morgan fingerprint density at radius 2 is 1.83 bits per heavy atom. The number of fused-ring (bicyclic) bond motifs is 1. The monoisotopic (exact) mass is 387 g/mol. The van der Waals surface area contributed by atoms with Crippen molar-refractivity contribution >= 4 is 22.7 Å². The van der Waals surface area contributed by atoms with Crippen LogP contribution in [-0.2, 0) is 22.7 Å². The number of carbonyl (C=O) groups excluding carboxylic acids is 1. The number of carboxylic acid groups (broad SMARTS) is 1. The number of ketones is 1. The van der Waals surface area contributed by atoms with Gasteiger partial charge in [-0.15, -0.1) is 0 Å². The van der Waals surface area contributed by atoms with Crippen molar-refractivity contribution in [2.45, 2.75) is 25.9 Å². The summed E-state index contributed by atoms with van der Waals surface area (Å²) in [7, 11) is 0. The van der Waals surface area contributed by atoms with Crippen LogP contribution in [0.15, 0.2) is 73.2 Å². The number of aromatic nitrogens is 3. The van der Waals surface area contributed by atoms with Crippen LogP contribution in [0.3, 0.4) is 0 Å². The van der Waals surface area contributed by atoms with Crippen LogP contribution < -0.4 is 0 Å². The largest absolute Gasteiger partial charge is 0.481 e. The van der Waals surface area contributed by atoms with Gasteiger partial charge in [0.1, 0.15) is 0 Å². The molecule has 0 radical (unpaired) electrons. The fraction of sp³-hybridized carbons (Fsp3) is 0.174. The molecule has 2 heterocycles. The molecular formula is C23H21N3O3. The number of aliphatic carboxylic acids is 1. The molecule has 6 heteroatoms. The Labute approximate surface area is 168 Å². The minimum atomic E-state index is -0.952. The van der Waals surface area contributed by atoms with Crippen molar-refractivity contribution in [3.05, 3.63) is 78.8 Å². The zero-order valence-corrected chi connectivity index (χ0v) is 15.9. The highest BCUT2D eigenvalue weighted by Crippen LogP contribution is 2.28. The molecule has 0 fully saturated rings. The molecular weight excluding hydrogens is 366 g/mol. The van der Waals surface area contributed by atoms with E-state index in [-0.39, 0.29) is 25.2 Å². The molecule has 2 aromatic carbocycles. The lowest BCUT2D eigenvalue weighted by Gasteiger charge is -2.11. The lowest BCUT2D eigenvalue weighted by atomic mass is 9.99. The summed E-state index contributed by atoms with van der Waals surface area (Å²) < 4.78 is 3.78. The van der Waals surface area contributed by atoms with E-state index in [4.69, 9.17) is 5.11 Å². The second kappa shape index (κ2) is 8.14. The number of carboxylic acids is 1. The van der Waals surface area contributed by atoms with Gasteiger partial charge in [0.25, 0.3) is 0 Å². The molecule has 0 saturated heterocycles. The van der Waals surface area contributed by atoms with E-state index in [9.17, 15) is 9.59 Å². The first-order valence-corrected chi connectivity index (χ1v) is 9.48. The van der Waals surface area contributed by atoms with Crippen LogP contribution in [0, 0.1) is 0 Å². The quantitative estimate of drug-likeness (QED) is 0.496. The highest BCUT2D eigenvalue weighted by molar-refractivity contribution is 5.88. The maximum absolute atomic E-state index is 12.2. The Kier molecular flexibility index (Phi) is 5.24. The van der Waals surface area contributed by atoms with E-state index in [1.54, 1.807) is 6.20 Å². The van der Waals surface area contributed by atoms with Gasteiger partial charge in [0.2, 0.25) is 0 Å². The first kappa shape index (κ1) is 18.7. The highest BCUT2D eigenvalue weighted by atomic mass is 16.4. The predicted octanol–water partition coefficient (Wildman–Crippen LogP) is 3.99. The van der Waals surface area contributed by atoms with Gasteiger partial charge in [-0.3, -0.25) is 14.3 Å². The third-order valence-corrected chi connectivity index (χ3v) is 4.96. The molecule has 0 bridgehead atoms. The third kappa shape index (κ3) is 4.27. The smallest absolute Gasteiger partial charge is 0.303 e. The van der Waals surface area contributed by atoms with Gasteiger partial charge in [-0.2, -0.15) is 5.10 Å². The number of nitrogens with zero attached hydrogens (tertiary/aromatic N) is 3. The zero-order valence-electron chi connectivity index (χ0n) is 15.9. The molecule has 2 aromatic heterocycles. The van der Waals surface area contributed by atoms with Gasteiger partial charge in [-0.05, 0) is 40.3 Å². The molecule has 4 aromatic rings. The van der Waals surface area contributed by atoms with E-state index in [1.165, 1.54) is 0 Å². The zero-order chi connectivity index (χ0) is 20.2. The molecule has 4 rings (SSSR count). The summed E-state index contributed by atoms with van der Waals surface area (Å²) >= 11 is 0. The standard InChI is InChI=1S/C23H21N3O3/c27-20(8-9-23(28)29)16-25-13-10-17-6-7-18(14-22(17)25)21-5-2-1-4-19(21)15-26-12-3-11-24-26/h1-7,10-14H,8-9,15-16H2,(H,28,29). The Morgan fingerprint density at radius 3 is 2.62 bits per heavy atom. The number of benzene rings is 2. The molecule has 0 aliphatic heterocycles. The van der Waals surface area contributed by atoms with Crippen LogP contribution in [0.5, 0.6) is 0 Å². The number of hydrogen-bond donors (Lipinski definition) is 1. The van der Waals surface area contributed by atoms with Gasteiger partial charge in [-0.1, -0.05) is 36.4 Å². The second-order valence-corrected chi connectivity index (χ2v) is 7.01. The molecule has 0 spiro atoms. The number of rotatable bonds is 8. The van der Waals surface area contributed by atoms with Crippen molar-refractivity contribution in [2.24, 2.45) is 0 Å². The van der Waals surface area contributed by atoms with Crippen LogP contribution in [0.25, 0.3) is 22.0 Å². The maximum atomic E-state index is 12.2. The first-order chi connectivity index (χ1) is 14.1. The molecule has 0 atom stereocenters. The summed E-state index contributed by atoms with van der Waals surface area (Å²) in [6.07, 6.45) is 5.49. The van der Waals surface area contributed by atoms with Crippen LogP contribution in [0.1, 0.15) is 18.4 Å². The van der Waals surface area contributed by atoms with Gasteiger partial charge < -0.3 is 9.67 Å². The van der Waals surface area contributed by atoms with E-state index < -0.39 is 5.97 Å². The van der Waals surface area contributed by atoms with Gasteiger partial charge in [0.05, 0.1) is 19.5 Å². The topological polar surface area (TPSA) is 77.1 Å². The van der Waals surface area contributed by atoms with Crippen LogP contribution in [0.2, 0.25) is 0 Å². The van der Waals surface area contributed by atoms with Crippen molar-refractivity contribution in [3.63, 3.8) is 0 Å². The van der Waals surface area contributed by atoms with E-state index >= 15 is 0 Å². The van der Waals surface area contributed by atoms with Gasteiger partial charge in [0, 0.05) is 30.5 Å². The summed E-state index contributed by atoms with van der Waals surface area (Å²) in [6.45, 7) is 0.852.